The second-order valence-corrected chi connectivity index (χ2v) is 7.67. The second-order valence-electron chi connectivity index (χ2n) is 7.67. The Kier molecular flexibility index (Phi) is 8.61. The van der Waals surface area contributed by atoms with Crippen molar-refractivity contribution in [3.8, 4) is 0 Å². The van der Waals surface area contributed by atoms with Crippen molar-refractivity contribution in [2.24, 2.45) is 0 Å². The Morgan fingerprint density at radius 1 is 0.794 bits per heavy atom. The number of anilines is 2. The smallest absolute Gasteiger partial charge is 0.411 e. The van der Waals surface area contributed by atoms with Crippen molar-refractivity contribution >= 4 is 23.6 Å². The van der Waals surface area contributed by atoms with Gasteiger partial charge >= 0.3 is 12.2 Å². The fourth-order valence-corrected chi connectivity index (χ4v) is 3.60. The third-order valence-corrected chi connectivity index (χ3v) is 5.38. The maximum atomic E-state index is 12.0. The summed E-state index contributed by atoms with van der Waals surface area (Å²) in [5.41, 5.74) is 1.87. The number of aliphatic hydroxyl groups is 1. The number of rotatable bonds is 9. The highest BCUT2D eigenvalue weighted by Gasteiger charge is 2.32. The number of hydrogen-bond acceptors (Lipinski definition) is 6. The molecule has 8 nitrogen and oxygen atoms in total. The molecule has 178 valence electrons. The van der Waals surface area contributed by atoms with Crippen molar-refractivity contribution in [1.29, 1.82) is 0 Å². The molecule has 0 aliphatic heterocycles. The summed E-state index contributed by atoms with van der Waals surface area (Å²) in [5.74, 6) is 0. The maximum Gasteiger partial charge on any atom is 0.411 e. The Morgan fingerprint density at radius 3 is 1.82 bits per heavy atom. The number of nitrogens with one attached hydrogen (secondary N) is 3. The summed E-state index contributed by atoms with van der Waals surface area (Å²) < 4.78 is 9.35. The predicted octanol–water partition coefficient (Wildman–Crippen LogP) is 4.46. The number of carbonyl (C=O) groups excluding carboxylic acids is 2. The largest absolute Gasteiger partial charge is 0.453 e. The van der Waals surface area contributed by atoms with Crippen LogP contribution in [0.3, 0.4) is 0 Å². The first-order valence-corrected chi connectivity index (χ1v) is 10.8. The van der Waals surface area contributed by atoms with Gasteiger partial charge in [0, 0.05) is 17.9 Å². The molecule has 34 heavy (non-hydrogen) atoms. The van der Waals surface area contributed by atoms with Crippen LogP contribution in [-0.4, -0.2) is 38.1 Å². The van der Waals surface area contributed by atoms with E-state index in [1.165, 1.54) is 14.2 Å². The number of amides is 2. The van der Waals surface area contributed by atoms with Crippen LogP contribution in [0.5, 0.6) is 0 Å². The molecule has 2 amide bonds. The minimum absolute atomic E-state index is 0.336. The molecule has 0 radical (unpaired) electrons. The van der Waals surface area contributed by atoms with Gasteiger partial charge in [0.05, 0.1) is 14.2 Å². The van der Waals surface area contributed by atoms with E-state index in [9.17, 15) is 14.7 Å². The standard InChI is InChI=1S/C26H29N3O5/c1-33-24(30)28-22-12-6-10-20(16-22)26(32,14-15-27-18-19-8-4-3-5-9-19)21-11-7-13-23(17-21)29-25(31)34-2/h3-13,16-17,27,32H,14-15,18H2,1-2H3,(H,28,30)(H,29,31). The zero-order chi connectivity index (χ0) is 24.4. The molecule has 0 aliphatic rings. The lowest BCUT2D eigenvalue weighted by molar-refractivity contribution is 0.0711. The Labute approximate surface area is 198 Å². The molecular formula is C26H29N3O5. The molecule has 0 aliphatic carbocycles. The Bertz CT molecular complexity index is 1040. The van der Waals surface area contributed by atoms with Gasteiger partial charge in [-0.3, -0.25) is 10.6 Å². The fourth-order valence-electron chi connectivity index (χ4n) is 3.60. The highest BCUT2D eigenvalue weighted by Crippen LogP contribution is 2.35. The molecule has 0 spiro atoms. The zero-order valence-electron chi connectivity index (χ0n) is 19.2. The average molecular weight is 464 g/mol. The normalized spacial score (nSPS) is 10.9. The summed E-state index contributed by atoms with van der Waals surface area (Å²) in [5, 5.41) is 20.6. The zero-order valence-corrected chi connectivity index (χ0v) is 19.2. The molecule has 0 saturated carbocycles. The molecule has 0 bridgehead atoms. The summed E-state index contributed by atoms with van der Waals surface area (Å²) in [6.45, 7) is 1.17. The van der Waals surface area contributed by atoms with Crippen LogP contribution in [0.15, 0.2) is 78.9 Å². The van der Waals surface area contributed by atoms with E-state index < -0.39 is 17.8 Å². The number of carbonyl (C=O) groups is 2. The molecule has 0 atom stereocenters. The minimum atomic E-state index is -1.41. The van der Waals surface area contributed by atoms with Crippen LogP contribution < -0.4 is 16.0 Å². The first kappa shape index (κ1) is 24.8. The summed E-state index contributed by atoms with van der Waals surface area (Å²) in [6.07, 6.45) is -0.868. The molecule has 8 heteroatoms. The van der Waals surface area contributed by atoms with Gasteiger partial charge in [0.15, 0.2) is 0 Å². The van der Waals surface area contributed by atoms with Crippen molar-refractivity contribution in [2.45, 2.75) is 18.6 Å². The van der Waals surface area contributed by atoms with Gasteiger partial charge < -0.3 is 19.9 Å². The molecule has 0 aromatic heterocycles. The van der Waals surface area contributed by atoms with Crippen molar-refractivity contribution in [3.63, 3.8) is 0 Å². The minimum Gasteiger partial charge on any atom is -0.453 e. The molecule has 0 heterocycles. The van der Waals surface area contributed by atoms with Gasteiger partial charge in [-0.15, -0.1) is 0 Å². The average Bonchev–Trinajstić information content (AvgIpc) is 2.87. The maximum absolute atomic E-state index is 12.0. The number of benzene rings is 3. The molecule has 3 aromatic carbocycles. The fraction of sp³-hybridized carbons (Fsp3) is 0.231. The van der Waals surface area contributed by atoms with E-state index in [4.69, 9.17) is 0 Å². The summed E-state index contributed by atoms with van der Waals surface area (Å²) in [6, 6.07) is 23.9. The van der Waals surface area contributed by atoms with Crippen molar-refractivity contribution in [1.82, 2.24) is 5.32 Å². The molecule has 3 aromatic rings. The number of hydrogen-bond donors (Lipinski definition) is 4. The van der Waals surface area contributed by atoms with Crippen LogP contribution in [0.1, 0.15) is 23.1 Å². The van der Waals surface area contributed by atoms with E-state index in [1.807, 2.05) is 30.3 Å². The first-order chi connectivity index (χ1) is 16.4. The Hall–Kier alpha value is -3.88. The monoisotopic (exact) mass is 463 g/mol. The van der Waals surface area contributed by atoms with E-state index in [0.717, 1.165) is 5.56 Å². The number of ether oxygens (including phenoxy) is 2. The second kappa shape index (κ2) is 11.8. The van der Waals surface area contributed by atoms with Gasteiger partial charge in [-0.05, 0) is 53.9 Å². The lowest BCUT2D eigenvalue weighted by Gasteiger charge is -2.30. The van der Waals surface area contributed by atoms with Gasteiger partial charge in [-0.25, -0.2) is 9.59 Å². The van der Waals surface area contributed by atoms with E-state index >= 15 is 0 Å². The van der Waals surface area contributed by atoms with E-state index in [1.54, 1.807) is 48.5 Å². The van der Waals surface area contributed by atoms with Gasteiger partial charge in [0.25, 0.3) is 0 Å². The Morgan fingerprint density at radius 2 is 1.32 bits per heavy atom. The van der Waals surface area contributed by atoms with E-state index in [-0.39, 0.29) is 0 Å². The predicted molar refractivity (Wildman–Crippen MR) is 131 cm³/mol. The lowest BCUT2D eigenvalue weighted by atomic mass is 9.83. The van der Waals surface area contributed by atoms with Crippen molar-refractivity contribution < 1.29 is 24.2 Å². The summed E-state index contributed by atoms with van der Waals surface area (Å²) in [4.78, 5) is 23.4. The highest BCUT2D eigenvalue weighted by molar-refractivity contribution is 5.85. The lowest BCUT2D eigenvalue weighted by Crippen LogP contribution is -2.32. The van der Waals surface area contributed by atoms with Crippen LogP contribution in [-0.2, 0) is 21.6 Å². The number of methoxy groups -OCH3 is 2. The van der Waals surface area contributed by atoms with Crippen LogP contribution in [0.4, 0.5) is 21.0 Å². The molecule has 4 N–H and O–H groups in total. The summed E-state index contributed by atoms with van der Waals surface area (Å²) in [7, 11) is 2.57. The van der Waals surface area contributed by atoms with Crippen LogP contribution in [0.2, 0.25) is 0 Å². The third-order valence-electron chi connectivity index (χ3n) is 5.38. The van der Waals surface area contributed by atoms with Gasteiger partial charge in [-0.2, -0.15) is 0 Å². The van der Waals surface area contributed by atoms with Crippen LogP contribution in [0, 0.1) is 0 Å². The molecule has 0 unspecified atom stereocenters. The van der Waals surface area contributed by atoms with Gasteiger partial charge in [-0.1, -0.05) is 54.6 Å². The topological polar surface area (TPSA) is 109 Å². The van der Waals surface area contributed by atoms with Crippen LogP contribution in [0.25, 0.3) is 0 Å². The highest BCUT2D eigenvalue weighted by atomic mass is 16.5. The van der Waals surface area contributed by atoms with Crippen molar-refractivity contribution in [2.75, 3.05) is 31.4 Å². The quantitative estimate of drug-likeness (QED) is 0.349. The Balaban J connectivity index is 1.88. The van der Waals surface area contributed by atoms with Gasteiger partial charge in [0.2, 0.25) is 0 Å². The van der Waals surface area contributed by atoms with Gasteiger partial charge in [0.1, 0.15) is 5.60 Å². The van der Waals surface area contributed by atoms with E-state index in [0.29, 0.717) is 42.0 Å². The van der Waals surface area contributed by atoms with Crippen molar-refractivity contribution in [3.05, 3.63) is 95.6 Å². The molecular weight excluding hydrogens is 434 g/mol. The third kappa shape index (κ3) is 6.57. The van der Waals surface area contributed by atoms with E-state index in [2.05, 4.69) is 25.4 Å². The molecule has 0 fully saturated rings. The summed E-state index contributed by atoms with van der Waals surface area (Å²) >= 11 is 0. The van der Waals surface area contributed by atoms with Crippen LogP contribution >= 0.6 is 0 Å². The first-order valence-electron chi connectivity index (χ1n) is 10.8. The molecule has 0 saturated heterocycles. The SMILES string of the molecule is COC(=O)Nc1cccc(C(O)(CCNCc2ccccc2)c2cccc(NC(=O)OC)c2)c1. The molecule has 3 rings (SSSR count).